The van der Waals surface area contributed by atoms with Crippen molar-refractivity contribution in [3.8, 4) is 0 Å². The number of aliphatic hydroxyl groups is 2. The molecule has 0 aromatic carbocycles. The molecule has 1 amide bonds. The summed E-state index contributed by atoms with van der Waals surface area (Å²) in [4.78, 5) is 24.6. The molecule has 0 spiro atoms. The van der Waals surface area contributed by atoms with Crippen LogP contribution in [0.4, 0.5) is 0 Å². The van der Waals surface area contributed by atoms with E-state index in [1.807, 2.05) is 0 Å². The van der Waals surface area contributed by atoms with Gasteiger partial charge in [0.2, 0.25) is 5.91 Å². The van der Waals surface area contributed by atoms with Gasteiger partial charge in [-0.3, -0.25) is 9.59 Å². The van der Waals surface area contributed by atoms with E-state index in [1.54, 1.807) is 0 Å². The fourth-order valence-electron chi connectivity index (χ4n) is 11.6. The largest absolute Gasteiger partial charge is 0.466 e. The lowest BCUT2D eigenvalue weighted by Crippen LogP contribution is -2.45. The van der Waals surface area contributed by atoms with Gasteiger partial charge in [0.15, 0.2) is 0 Å². The lowest BCUT2D eigenvalue weighted by atomic mass is 10.0. The van der Waals surface area contributed by atoms with Crippen LogP contribution in [-0.4, -0.2) is 47.4 Å². The Bertz CT molecular complexity index is 1250. The van der Waals surface area contributed by atoms with E-state index in [1.165, 1.54) is 334 Å². The summed E-state index contributed by atoms with van der Waals surface area (Å²) in [6, 6.07) is -0.541. The molecule has 6 heteroatoms. The second-order valence-corrected chi connectivity index (χ2v) is 25.3. The molecule has 0 radical (unpaired) electrons. The van der Waals surface area contributed by atoms with E-state index in [9.17, 15) is 19.8 Å². The fourth-order valence-corrected chi connectivity index (χ4v) is 11.6. The molecule has 0 aromatic rings. The van der Waals surface area contributed by atoms with Crippen molar-refractivity contribution in [3.05, 3.63) is 24.3 Å². The Kier molecular flexibility index (Phi) is 68.4. The van der Waals surface area contributed by atoms with Crippen molar-refractivity contribution in [2.45, 2.75) is 424 Å². The summed E-state index contributed by atoms with van der Waals surface area (Å²) in [6.45, 7) is 4.95. The molecule has 2 unspecified atom stereocenters. The highest BCUT2D eigenvalue weighted by molar-refractivity contribution is 5.76. The molecule has 0 heterocycles. The monoisotopic (exact) mass is 1130 g/mol. The molecule has 0 fully saturated rings. The lowest BCUT2D eigenvalue weighted by Gasteiger charge is -2.22. The highest BCUT2D eigenvalue weighted by Crippen LogP contribution is 2.19. The van der Waals surface area contributed by atoms with Gasteiger partial charge in [-0.15, -0.1) is 0 Å². The molecule has 6 nitrogen and oxygen atoms in total. The van der Waals surface area contributed by atoms with Crippen molar-refractivity contribution in [2.24, 2.45) is 0 Å². The summed E-state index contributed by atoms with van der Waals surface area (Å²) >= 11 is 0. The molecular weight excluding hydrogens is 983 g/mol. The number of ether oxygens (including phenoxy) is 1. The number of amides is 1. The van der Waals surface area contributed by atoms with Crippen LogP contribution < -0.4 is 5.32 Å². The van der Waals surface area contributed by atoms with Gasteiger partial charge >= 0.3 is 5.97 Å². The molecule has 474 valence electrons. The molecule has 3 N–H and O–H groups in total. The van der Waals surface area contributed by atoms with Gasteiger partial charge < -0.3 is 20.3 Å². The summed E-state index contributed by atoms with van der Waals surface area (Å²) in [6.07, 6.45) is 88.1. The van der Waals surface area contributed by atoms with Crippen LogP contribution >= 0.6 is 0 Å². The Morgan fingerprint density at radius 2 is 0.600 bits per heavy atom. The zero-order chi connectivity index (χ0) is 57.8. The van der Waals surface area contributed by atoms with Gasteiger partial charge in [0.05, 0.1) is 25.4 Å². The van der Waals surface area contributed by atoms with Crippen molar-refractivity contribution in [3.63, 3.8) is 0 Å². The van der Waals surface area contributed by atoms with Crippen molar-refractivity contribution in [1.29, 1.82) is 0 Å². The SMILES string of the molecule is CCCC/C=C\CCCCCCCC(=O)OCCCCCCCCCCCCCC/C=C\CCCCCCCCCCCCCCCCC(=O)NC(CO)C(O)CCCCCCCCCCCCCCCCCCCCCCCC. The van der Waals surface area contributed by atoms with Gasteiger partial charge in [-0.2, -0.15) is 0 Å². The Morgan fingerprint density at radius 1 is 0.338 bits per heavy atom. The van der Waals surface area contributed by atoms with E-state index in [2.05, 4.69) is 43.5 Å². The Balaban J connectivity index is 3.37. The van der Waals surface area contributed by atoms with Crippen LogP contribution in [0.3, 0.4) is 0 Å². The molecule has 0 bridgehead atoms. The van der Waals surface area contributed by atoms with Crippen molar-refractivity contribution in [2.75, 3.05) is 13.2 Å². The first-order valence-corrected chi connectivity index (χ1v) is 36.6. The molecule has 0 rings (SSSR count). The first kappa shape index (κ1) is 78.3. The molecule has 0 aliphatic carbocycles. The Labute approximate surface area is 501 Å². The number of aliphatic hydroxyl groups excluding tert-OH is 2. The van der Waals surface area contributed by atoms with Gasteiger partial charge in [-0.1, -0.05) is 353 Å². The number of carbonyl (C=O) groups excluding carboxylic acids is 2. The number of unbranched alkanes of at least 4 members (excludes halogenated alkanes) is 54. The predicted molar refractivity (Wildman–Crippen MR) is 352 cm³/mol. The quantitative estimate of drug-likeness (QED) is 0.0320. The van der Waals surface area contributed by atoms with Crippen LogP contribution in [0.25, 0.3) is 0 Å². The number of allylic oxidation sites excluding steroid dienone is 4. The molecule has 0 saturated carbocycles. The van der Waals surface area contributed by atoms with E-state index in [0.29, 0.717) is 25.9 Å². The Morgan fingerprint density at radius 3 is 0.925 bits per heavy atom. The first-order valence-electron chi connectivity index (χ1n) is 36.6. The van der Waals surface area contributed by atoms with E-state index >= 15 is 0 Å². The fraction of sp³-hybridized carbons (Fsp3) is 0.919. The Hall–Kier alpha value is -1.66. The van der Waals surface area contributed by atoms with E-state index < -0.39 is 12.1 Å². The number of nitrogens with one attached hydrogen (secondary N) is 1. The minimum atomic E-state index is -0.664. The minimum Gasteiger partial charge on any atom is -0.466 e. The summed E-state index contributed by atoms with van der Waals surface area (Å²) in [5.74, 6) is -0.0219. The third-order valence-electron chi connectivity index (χ3n) is 17.2. The van der Waals surface area contributed by atoms with Gasteiger partial charge in [0.25, 0.3) is 0 Å². The average molecular weight is 1130 g/mol. The standard InChI is InChI=1S/C74H143NO5/c1-3-5-7-9-11-13-15-16-17-18-19-20-31-34-37-40-43-47-50-54-58-62-66-72(77)71(70-76)75-73(78)67-63-59-55-51-48-44-41-38-35-32-29-27-25-23-21-22-24-26-28-30-33-36-39-42-45-49-53-57-61-65-69-80-74(79)68-64-60-56-52-46-14-12-10-8-6-4-2/h10,12,22,24,71-72,76-77H,3-9,11,13-21,23,25-70H2,1-2H3,(H,75,78)/b12-10-,24-22-. The third kappa shape index (κ3) is 65.5. The molecule has 80 heavy (non-hydrogen) atoms. The number of carbonyl (C=O) groups is 2. The second-order valence-electron chi connectivity index (χ2n) is 25.3. The van der Waals surface area contributed by atoms with Gasteiger partial charge in [-0.25, -0.2) is 0 Å². The highest BCUT2D eigenvalue weighted by atomic mass is 16.5. The molecular formula is C74H143NO5. The molecule has 0 aliphatic rings. The molecule has 2 atom stereocenters. The summed E-state index contributed by atoms with van der Waals surface area (Å²) in [5, 5.41) is 23.4. The van der Waals surface area contributed by atoms with Crippen LogP contribution in [-0.2, 0) is 14.3 Å². The van der Waals surface area contributed by atoms with Crippen molar-refractivity contribution >= 4 is 11.9 Å². The van der Waals surface area contributed by atoms with Gasteiger partial charge in [-0.05, 0) is 70.6 Å². The van der Waals surface area contributed by atoms with Crippen molar-refractivity contribution < 1.29 is 24.5 Å². The van der Waals surface area contributed by atoms with E-state index in [4.69, 9.17) is 4.74 Å². The van der Waals surface area contributed by atoms with Crippen molar-refractivity contribution in [1.82, 2.24) is 5.32 Å². The smallest absolute Gasteiger partial charge is 0.305 e. The van der Waals surface area contributed by atoms with Crippen LogP contribution in [0.2, 0.25) is 0 Å². The zero-order valence-corrected chi connectivity index (χ0v) is 54.3. The number of rotatable bonds is 69. The summed E-state index contributed by atoms with van der Waals surface area (Å²) in [7, 11) is 0. The number of esters is 1. The first-order chi connectivity index (χ1) is 39.5. The van der Waals surface area contributed by atoms with Crippen LogP contribution in [0.1, 0.15) is 412 Å². The third-order valence-corrected chi connectivity index (χ3v) is 17.2. The predicted octanol–water partition coefficient (Wildman–Crippen LogP) is 23.7. The number of hydrogen-bond donors (Lipinski definition) is 3. The van der Waals surface area contributed by atoms with Gasteiger partial charge in [0, 0.05) is 12.8 Å². The van der Waals surface area contributed by atoms with Crippen LogP contribution in [0.15, 0.2) is 24.3 Å². The van der Waals surface area contributed by atoms with Crippen LogP contribution in [0, 0.1) is 0 Å². The zero-order valence-electron chi connectivity index (χ0n) is 54.3. The lowest BCUT2D eigenvalue weighted by molar-refractivity contribution is -0.143. The van der Waals surface area contributed by atoms with E-state index in [-0.39, 0.29) is 18.5 Å². The molecule has 0 aliphatic heterocycles. The highest BCUT2D eigenvalue weighted by Gasteiger charge is 2.20. The maximum atomic E-state index is 12.6. The normalized spacial score (nSPS) is 12.6. The minimum absolute atomic E-state index is 0.00666. The van der Waals surface area contributed by atoms with Crippen LogP contribution in [0.5, 0.6) is 0 Å². The summed E-state index contributed by atoms with van der Waals surface area (Å²) in [5.41, 5.74) is 0. The summed E-state index contributed by atoms with van der Waals surface area (Å²) < 4.78 is 5.47. The maximum absolute atomic E-state index is 12.6. The topological polar surface area (TPSA) is 95.9 Å². The number of hydrogen-bond acceptors (Lipinski definition) is 5. The average Bonchev–Trinajstić information content (AvgIpc) is 3.46. The second kappa shape index (κ2) is 69.8. The van der Waals surface area contributed by atoms with E-state index in [0.717, 1.165) is 44.9 Å². The van der Waals surface area contributed by atoms with Gasteiger partial charge in [0.1, 0.15) is 0 Å². The molecule has 0 aromatic heterocycles. The molecule has 0 saturated heterocycles. The maximum Gasteiger partial charge on any atom is 0.305 e.